The molecule has 0 radical (unpaired) electrons. The number of nitrogens with zero attached hydrogens (tertiary/aromatic N) is 2. The summed E-state index contributed by atoms with van der Waals surface area (Å²) >= 11 is 0. The third-order valence-corrected chi connectivity index (χ3v) is 3.62. The van der Waals surface area contributed by atoms with Crippen LogP contribution in [0.5, 0.6) is 0 Å². The molecule has 1 amide bonds. The van der Waals surface area contributed by atoms with E-state index in [-0.39, 0.29) is 30.8 Å². The average Bonchev–Trinajstić information content (AvgIpc) is 2.97. The van der Waals surface area contributed by atoms with E-state index in [4.69, 9.17) is 4.74 Å². The minimum Gasteiger partial charge on any atom is -0.460 e. The third-order valence-electron chi connectivity index (χ3n) is 3.62. The van der Waals surface area contributed by atoms with Gasteiger partial charge in [0, 0.05) is 25.4 Å². The molecule has 1 aliphatic rings. The van der Waals surface area contributed by atoms with Crippen molar-refractivity contribution >= 4 is 11.9 Å². The van der Waals surface area contributed by atoms with Gasteiger partial charge in [0.1, 0.15) is 11.4 Å². The molecule has 1 saturated heterocycles. The first-order chi connectivity index (χ1) is 10.4. The van der Waals surface area contributed by atoms with Crippen molar-refractivity contribution in [2.24, 2.45) is 0 Å². The van der Waals surface area contributed by atoms with Gasteiger partial charge in [-0.3, -0.25) is 9.59 Å². The van der Waals surface area contributed by atoms with Gasteiger partial charge in [-0.2, -0.15) is 0 Å². The van der Waals surface area contributed by atoms with Crippen molar-refractivity contribution in [1.29, 1.82) is 0 Å². The average molecular weight is 307 g/mol. The number of hydrogen-bond donors (Lipinski definition) is 1. The Morgan fingerprint density at radius 2 is 2.14 bits per heavy atom. The molecule has 1 N–H and O–H groups in total. The summed E-state index contributed by atoms with van der Waals surface area (Å²) in [5, 5.41) is 0. The maximum absolute atomic E-state index is 12.5. The summed E-state index contributed by atoms with van der Waals surface area (Å²) in [6.07, 6.45) is 6.77. The van der Waals surface area contributed by atoms with Crippen LogP contribution in [0.1, 0.15) is 64.7 Å². The Hall–Kier alpha value is -1.85. The second-order valence-corrected chi connectivity index (χ2v) is 6.66. The van der Waals surface area contributed by atoms with E-state index < -0.39 is 5.60 Å². The molecule has 0 saturated carbocycles. The van der Waals surface area contributed by atoms with Gasteiger partial charge in [0.25, 0.3) is 0 Å². The van der Waals surface area contributed by atoms with Crippen molar-refractivity contribution in [3.05, 3.63) is 18.2 Å². The molecule has 6 nitrogen and oxygen atoms in total. The van der Waals surface area contributed by atoms with Gasteiger partial charge in [-0.25, -0.2) is 4.98 Å². The summed E-state index contributed by atoms with van der Waals surface area (Å²) in [7, 11) is 0. The van der Waals surface area contributed by atoms with E-state index in [1.165, 1.54) is 0 Å². The van der Waals surface area contributed by atoms with Crippen LogP contribution in [0, 0.1) is 0 Å². The first-order valence-corrected chi connectivity index (χ1v) is 7.87. The molecular weight excluding hydrogens is 282 g/mol. The summed E-state index contributed by atoms with van der Waals surface area (Å²) in [4.78, 5) is 33.4. The van der Waals surface area contributed by atoms with Crippen molar-refractivity contribution in [3.8, 4) is 0 Å². The Morgan fingerprint density at radius 1 is 1.36 bits per heavy atom. The number of rotatable bonds is 4. The summed E-state index contributed by atoms with van der Waals surface area (Å²) in [5.41, 5.74) is -0.512. The fourth-order valence-corrected chi connectivity index (χ4v) is 2.72. The minimum atomic E-state index is -0.512. The normalized spacial score (nSPS) is 19.0. The fourth-order valence-electron chi connectivity index (χ4n) is 2.72. The summed E-state index contributed by atoms with van der Waals surface area (Å²) < 4.78 is 5.25. The maximum Gasteiger partial charge on any atom is 0.306 e. The first-order valence-electron chi connectivity index (χ1n) is 7.87. The molecule has 6 heteroatoms. The van der Waals surface area contributed by atoms with Gasteiger partial charge in [0.2, 0.25) is 5.91 Å². The highest BCUT2D eigenvalue weighted by Gasteiger charge is 2.29. The van der Waals surface area contributed by atoms with Crippen LogP contribution in [0.4, 0.5) is 0 Å². The van der Waals surface area contributed by atoms with Crippen LogP contribution in [0.2, 0.25) is 0 Å². The molecule has 1 fully saturated rings. The van der Waals surface area contributed by atoms with Crippen LogP contribution in [0.3, 0.4) is 0 Å². The maximum atomic E-state index is 12.5. The zero-order chi connectivity index (χ0) is 16.2. The van der Waals surface area contributed by atoms with E-state index in [1.54, 1.807) is 12.4 Å². The van der Waals surface area contributed by atoms with Crippen LogP contribution in [0.15, 0.2) is 12.4 Å². The second kappa shape index (κ2) is 6.94. The molecule has 0 aliphatic carbocycles. The number of aromatic nitrogens is 2. The quantitative estimate of drug-likeness (QED) is 0.868. The van der Waals surface area contributed by atoms with Crippen LogP contribution >= 0.6 is 0 Å². The molecule has 122 valence electrons. The molecule has 22 heavy (non-hydrogen) atoms. The van der Waals surface area contributed by atoms with Crippen LogP contribution in [0.25, 0.3) is 0 Å². The predicted octanol–water partition coefficient (Wildman–Crippen LogP) is 2.59. The standard InChI is InChI=1S/C16H25N3O3/c1-16(2,3)22-14(21)8-7-13(20)19-11-5-4-6-12(19)15-17-9-10-18-15/h9-10,12H,4-8,11H2,1-3H3,(H,17,18). The largest absolute Gasteiger partial charge is 0.460 e. The molecule has 0 aromatic carbocycles. The number of hydrogen-bond acceptors (Lipinski definition) is 4. The van der Waals surface area contributed by atoms with Gasteiger partial charge in [-0.15, -0.1) is 0 Å². The number of likely N-dealkylation sites (tertiary alicyclic amines) is 1. The fraction of sp³-hybridized carbons (Fsp3) is 0.688. The van der Waals surface area contributed by atoms with Gasteiger partial charge >= 0.3 is 5.97 Å². The molecule has 1 aliphatic heterocycles. The van der Waals surface area contributed by atoms with E-state index >= 15 is 0 Å². The first kappa shape index (κ1) is 16.5. The molecular formula is C16H25N3O3. The number of amides is 1. The SMILES string of the molecule is CC(C)(C)OC(=O)CCC(=O)N1CCCCC1c1ncc[nH]1. The van der Waals surface area contributed by atoms with Crippen molar-refractivity contribution in [3.63, 3.8) is 0 Å². The van der Waals surface area contributed by atoms with Crippen LogP contribution in [-0.2, 0) is 14.3 Å². The zero-order valence-electron chi connectivity index (χ0n) is 13.6. The van der Waals surface area contributed by atoms with Crippen molar-refractivity contribution in [2.75, 3.05) is 6.54 Å². The Kier molecular flexibility index (Phi) is 5.21. The molecule has 1 atom stereocenters. The highest BCUT2D eigenvalue weighted by molar-refractivity contribution is 5.81. The number of esters is 1. The molecule has 2 rings (SSSR count). The van der Waals surface area contributed by atoms with Gasteiger partial charge in [-0.05, 0) is 40.0 Å². The lowest BCUT2D eigenvalue weighted by atomic mass is 10.0. The summed E-state index contributed by atoms with van der Waals surface area (Å²) in [6.45, 7) is 6.19. The van der Waals surface area contributed by atoms with Gasteiger partial charge < -0.3 is 14.6 Å². The molecule has 1 unspecified atom stereocenters. The van der Waals surface area contributed by atoms with Gasteiger partial charge in [0.05, 0.1) is 12.5 Å². The van der Waals surface area contributed by atoms with Crippen molar-refractivity contribution in [2.45, 2.75) is 64.5 Å². The Morgan fingerprint density at radius 3 is 2.77 bits per heavy atom. The lowest BCUT2D eigenvalue weighted by Gasteiger charge is -2.34. The lowest BCUT2D eigenvalue weighted by Crippen LogP contribution is -2.39. The second-order valence-electron chi connectivity index (χ2n) is 6.66. The van der Waals surface area contributed by atoms with Crippen molar-refractivity contribution in [1.82, 2.24) is 14.9 Å². The van der Waals surface area contributed by atoms with Gasteiger partial charge in [0.15, 0.2) is 0 Å². The van der Waals surface area contributed by atoms with Crippen molar-refractivity contribution < 1.29 is 14.3 Å². The Labute approximate surface area is 131 Å². The molecule has 1 aromatic rings. The minimum absolute atomic E-state index is 0.00473. The molecule has 0 spiro atoms. The number of imidazole rings is 1. The molecule has 1 aromatic heterocycles. The van der Waals surface area contributed by atoms with E-state index in [9.17, 15) is 9.59 Å². The highest BCUT2D eigenvalue weighted by Crippen LogP contribution is 2.29. The predicted molar refractivity (Wildman–Crippen MR) is 82.0 cm³/mol. The number of piperidine rings is 1. The molecule has 2 heterocycles. The van der Waals surface area contributed by atoms with Gasteiger partial charge in [-0.1, -0.05) is 0 Å². The smallest absolute Gasteiger partial charge is 0.306 e. The van der Waals surface area contributed by atoms with E-state index in [1.807, 2.05) is 25.7 Å². The van der Waals surface area contributed by atoms with E-state index in [0.717, 1.165) is 31.6 Å². The van der Waals surface area contributed by atoms with Crippen LogP contribution in [-0.4, -0.2) is 38.9 Å². The number of H-pyrrole nitrogens is 1. The molecule has 0 bridgehead atoms. The summed E-state index contributed by atoms with van der Waals surface area (Å²) in [6, 6.07) is -0.00473. The highest BCUT2D eigenvalue weighted by atomic mass is 16.6. The number of aromatic amines is 1. The lowest BCUT2D eigenvalue weighted by molar-refractivity contribution is -0.156. The Bertz CT molecular complexity index is 505. The Balaban J connectivity index is 1.91. The summed E-state index contributed by atoms with van der Waals surface area (Å²) in [5.74, 6) is 0.490. The zero-order valence-corrected chi connectivity index (χ0v) is 13.6. The number of nitrogens with one attached hydrogen (secondary N) is 1. The van der Waals surface area contributed by atoms with E-state index in [0.29, 0.717) is 0 Å². The van der Waals surface area contributed by atoms with E-state index in [2.05, 4.69) is 9.97 Å². The number of carbonyl (C=O) groups is 2. The number of ether oxygens (including phenoxy) is 1. The topological polar surface area (TPSA) is 75.3 Å². The monoisotopic (exact) mass is 307 g/mol. The number of carbonyl (C=O) groups excluding carboxylic acids is 2. The third kappa shape index (κ3) is 4.58. The van der Waals surface area contributed by atoms with Crippen LogP contribution < -0.4 is 0 Å².